The second-order valence-electron chi connectivity index (χ2n) is 4.53. The Morgan fingerprint density at radius 1 is 1.10 bits per heavy atom. The van der Waals surface area contributed by atoms with Crippen LogP contribution in [0.4, 0.5) is 4.39 Å². The molecule has 0 amide bonds. The summed E-state index contributed by atoms with van der Waals surface area (Å²) in [6.07, 6.45) is 0. The van der Waals surface area contributed by atoms with E-state index in [1.807, 2.05) is 24.3 Å². The number of rotatable bonds is 2. The SMILES string of the molecule is O=C(O)c1cc(-c2ccc(I)cc2)nc2cc(F)ccc12. The lowest BCUT2D eigenvalue weighted by molar-refractivity contribution is 0.0699. The van der Waals surface area contributed by atoms with Crippen LogP contribution in [0.15, 0.2) is 48.5 Å². The standard InChI is InChI=1S/C16H9FINO2/c17-10-3-6-12-13(16(20)21)8-14(19-15(12)7-10)9-1-4-11(18)5-2-9/h1-8H,(H,20,21). The van der Waals surface area contributed by atoms with Crippen molar-refractivity contribution in [3.63, 3.8) is 0 Å². The van der Waals surface area contributed by atoms with Gasteiger partial charge in [0.1, 0.15) is 5.82 Å². The number of carboxylic acid groups (broad SMARTS) is 1. The summed E-state index contributed by atoms with van der Waals surface area (Å²) in [5.74, 6) is -1.49. The zero-order valence-corrected chi connectivity index (χ0v) is 12.8. The van der Waals surface area contributed by atoms with E-state index < -0.39 is 11.8 Å². The summed E-state index contributed by atoms with van der Waals surface area (Å²) < 4.78 is 14.4. The van der Waals surface area contributed by atoms with Crippen LogP contribution in [0, 0.1) is 9.39 Å². The number of aromatic nitrogens is 1. The molecular weight excluding hydrogens is 384 g/mol. The van der Waals surface area contributed by atoms with E-state index in [4.69, 9.17) is 0 Å². The third-order valence-electron chi connectivity index (χ3n) is 3.14. The van der Waals surface area contributed by atoms with Crippen LogP contribution in [0.3, 0.4) is 0 Å². The Hall–Kier alpha value is -2.02. The summed E-state index contributed by atoms with van der Waals surface area (Å²) in [5.41, 5.74) is 1.77. The Kier molecular flexibility index (Phi) is 3.59. The van der Waals surface area contributed by atoms with Crippen LogP contribution in [0.5, 0.6) is 0 Å². The fraction of sp³-hybridized carbons (Fsp3) is 0. The molecule has 0 aliphatic rings. The Bertz CT molecular complexity index is 847. The van der Waals surface area contributed by atoms with Crippen molar-refractivity contribution < 1.29 is 14.3 Å². The van der Waals surface area contributed by atoms with E-state index in [2.05, 4.69) is 27.6 Å². The molecule has 0 aliphatic carbocycles. The summed E-state index contributed by atoms with van der Waals surface area (Å²) >= 11 is 2.19. The summed E-state index contributed by atoms with van der Waals surface area (Å²) in [6.45, 7) is 0. The van der Waals surface area contributed by atoms with E-state index in [1.165, 1.54) is 24.3 Å². The van der Waals surface area contributed by atoms with Gasteiger partial charge in [-0.2, -0.15) is 0 Å². The number of hydrogen-bond donors (Lipinski definition) is 1. The highest BCUT2D eigenvalue weighted by molar-refractivity contribution is 14.1. The number of halogens is 2. The monoisotopic (exact) mass is 393 g/mol. The number of pyridine rings is 1. The van der Waals surface area contributed by atoms with Crippen LogP contribution in [-0.4, -0.2) is 16.1 Å². The number of nitrogens with zero attached hydrogens (tertiary/aromatic N) is 1. The van der Waals surface area contributed by atoms with Crippen molar-refractivity contribution in [2.75, 3.05) is 0 Å². The molecule has 0 spiro atoms. The lowest BCUT2D eigenvalue weighted by atomic mass is 10.0. The molecule has 0 saturated heterocycles. The van der Waals surface area contributed by atoms with Crippen molar-refractivity contribution in [3.8, 4) is 11.3 Å². The quantitative estimate of drug-likeness (QED) is 0.659. The van der Waals surface area contributed by atoms with Gasteiger partial charge in [-0.3, -0.25) is 0 Å². The zero-order valence-electron chi connectivity index (χ0n) is 10.7. The molecule has 0 aliphatic heterocycles. The average Bonchev–Trinajstić information content (AvgIpc) is 2.46. The first-order valence-corrected chi connectivity index (χ1v) is 7.22. The molecule has 0 atom stereocenters. The van der Waals surface area contributed by atoms with Gasteiger partial charge in [-0.05, 0) is 52.9 Å². The Morgan fingerprint density at radius 2 is 1.81 bits per heavy atom. The number of hydrogen-bond acceptors (Lipinski definition) is 2. The van der Waals surface area contributed by atoms with Gasteiger partial charge in [0, 0.05) is 20.6 Å². The highest BCUT2D eigenvalue weighted by atomic mass is 127. The molecule has 0 fully saturated rings. The summed E-state index contributed by atoms with van der Waals surface area (Å²) in [7, 11) is 0. The molecule has 0 saturated carbocycles. The molecule has 0 bridgehead atoms. The highest BCUT2D eigenvalue weighted by Gasteiger charge is 2.13. The smallest absolute Gasteiger partial charge is 0.336 e. The number of benzene rings is 2. The molecule has 1 aromatic heterocycles. The Labute approximate surface area is 133 Å². The van der Waals surface area contributed by atoms with Crippen molar-refractivity contribution in [1.29, 1.82) is 0 Å². The van der Waals surface area contributed by atoms with Crippen molar-refractivity contribution in [2.24, 2.45) is 0 Å². The van der Waals surface area contributed by atoms with Gasteiger partial charge in [0.05, 0.1) is 16.8 Å². The predicted molar refractivity (Wildman–Crippen MR) is 86.8 cm³/mol. The largest absolute Gasteiger partial charge is 0.478 e. The maximum Gasteiger partial charge on any atom is 0.336 e. The lowest BCUT2D eigenvalue weighted by Crippen LogP contribution is -2.00. The minimum atomic E-state index is -1.05. The molecular formula is C16H9FINO2. The van der Waals surface area contributed by atoms with Crippen LogP contribution in [0.25, 0.3) is 22.2 Å². The first-order valence-electron chi connectivity index (χ1n) is 6.14. The molecule has 5 heteroatoms. The minimum absolute atomic E-state index is 0.119. The van der Waals surface area contributed by atoms with Crippen LogP contribution in [0.1, 0.15) is 10.4 Å². The number of carboxylic acids is 1. The Balaban J connectivity index is 2.29. The third-order valence-corrected chi connectivity index (χ3v) is 3.86. The maximum atomic E-state index is 13.4. The van der Waals surface area contributed by atoms with Crippen molar-refractivity contribution >= 4 is 39.5 Å². The maximum absolute atomic E-state index is 13.4. The van der Waals surface area contributed by atoms with Gasteiger partial charge >= 0.3 is 5.97 Å². The van der Waals surface area contributed by atoms with E-state index >= 15 is 0 Å². The molecule has 21 heavy (non-hydrogen) atoms. The van der Waals surface area contributed by atoms with Crippen LogP contribution >= 0.6 is 22.6 Å². The van der Waals surface area contributed by atoms with Crippen LogP contribution < -0.4 is 0 Å². The normalized spacial score (nSPS) is 10.8. The van der Waals surface area contributed by atoms with E-state index in [-0.39, 0.29) is 5.56 Å². The second kappa shape index (κ2) is 5.40. The summed E-state index contributed by atoms with van der Waals surface area (Å²) in [5, 5.41) is 9.77. The van der Waals surface area contributed by atoms with E-state index in [0.29, 0.717) is 16.6 Å². The van der Waals surface area contributed by atoms with Crippen molar-refractivity contribution in [1.82, 2.24) is 4.98 Å². The van der Waals surface area contributed by atoms with Crippen molar-refractivity contribution in [2.45, 2.75) is 0 Å². The molecule has 0 radical (unpaired) electrons. The van der Waals surface area contributed by atoms with E-state index in [9.17, 15) is 14.3 Å². The number of fused-ring (bicyclic) bond motifs is 1. The van der Waals surface area contributed by atoms with E-state index in [1.54, 1.807) is 0 Å². The highest BCUT2D eigenvalue weighted by Crippen LogP contribution is 2.26. The van der Waals surface area contributed by atoms with Gasteiger partial charge < -0.3 is 5.11 Å². The fourth-order valence-electron chi connectivity index (χ4n) is 2.15. The molecule has 3 nitrogen and oxygen atoms in total. The Morgan fingerprint density at radius 3 is 2.48 bits per heavy atom. The van der Waals surface area contributed by atoms with Crippen LogP contribution in [0.2, 0.25) is 0 Å². The second-order valence-corrected chi connectivity index (χ2v) is 5.77. The van der Waals surface area contributed by atoms with E-state index in [0.717, 1.165) is 9.13 Å². The summed E-state index contributed by atoms with van der Waals surface area (Å²) in [6, 6.07) is 13.0. The number of carbonyl (C=O) groups is 1. The van der Waals surface area contributed by atoms with Gasteiger partial charge in [-0.25, -0.2) is 14.2 Å². The minimum Gasteiger partial charge on any atom is -0.478 e. The van der Waals surface area contributed by atoms with Gasteiger partial charge in [0.2, 0.25) is 0 Å². The van der Waals surface area contributed by atoms with Gasteiger partial charge in [0.25, 0.3) is 0 Å². The molecule has 2 aromatic carbocycles. The first kappa shape index (κ1) is 13.9. The molecule has 0 unspecified atom stereocenters. The molecule has 3 aromatic rings. The van der Waals surface area contributed by atoms with Gasteiger partial charge in [-0.1, -0.05) is 12.1 Å². The molecule has 1 N–H and O–H groups in total. The third kappa shape index (κ3) is 2.73. The first-order chi connectivity index (χ1) is 10.0. The van der Waals surface area contributed by atoms with Crippen molar-refractivity contribution in [3.05, 3.63) is 63.5 Å². The zero-order chi connectivity index (χ0) is 15.0. The summed E-state index contributed by atoms with van der Waals surface area (Å²) in [4.78, 5) is 15.8. The fourth-order valence-corrected chi connectivity index (χ4v) is 2.51. The molecule has 104 valence electrons. The van der Waals surface area contributed by atoms with Gasteiger partial charge in [-0.15, -0.1) is 0 Å². The lowest BCUT2D eigenvalue weighted by Gasteiger charge is -2.07. The predicted octanol–water partition coefficient (Wildman–Crippen LogP) is 4.34. The van der Waals surface area contributed by atoms with Crippen LogP contribution in [-0.2, 0) is 0 Å². The van der Waals surface area contributed by atoms with Gasteiger partial charge in [0.15, 0.2) is 0 Å². The molecule has 1 heterocycles. The average molecular weight is 393 g/mol. The molecule has 3 rings (SSSR count). The topological polar surface area (TPSA) is 50.2 Å². The number of aromatic carboxylic acids is 1.